The predicted octanol–water partition coefficient (Wildman–Crippen LogP) is 2.74. The van der Waals surface area contributed by atoms with Gasteiger partial charge < -0.3 is 10.0 Å². The number of amides is 1. The number of carbonyl (C=O) groups excluding carboxylic acids is 1. The number of carbonyl (C=O) groups is 1. The predicted molar refractivity (Wildman–Crippen MR) is 73.8 cm³/mol. The minimum Gasteiger partial charge on any atom is -0.371 e. The third kappa shape index (κ3) is 2.56. The van der Waals surface area contributed by atoms with Crippen LogP contribution in [-0.2, 0) is 4.79 Å². The van der Waals surface area contributed by atoms with E-state index < -0.39 is 5.72 Å². The van der Waals surface area contributed by atoms with E-state index in [9.17, 15) is 9.90 Å². The molecule has 1 amide bonds. The zero-order valence-corrected chi connectivity index (χ0v) is 12.9. The molecule has 1 rings (SSSR count). The van der Waals surface area contributed by atoms with Crippen molar-refractivity contribution in [2.75, 3.05) is 6.54 Å². The molecule has 0 aromatic heterocycles. The van der Waals surface area contributed by atoms with Crippen LogP contribution in [0.1, 0.15) is 48.5 Å². The highest BCUT2D eigenvalue weighted by atomic mass is 16.3. The molecule has 3 heteroatoms. The van der Waals surface area contributed by atoms with E-state index in [2.05, 4.69) is 41.5 Å². The fraction of sp³-hybridized carbons (Fsp3) is 0.933. The molecule has 0 saturated carbocycles. The zero-order chi connectivity index (χ0) is 14.2. The number of rotatable bonds is 4. The molecule has 2 unspecified atom stereocenters. The summed E-state index contributed by atoms with van der Waals surface area (Å²) in [6.07, 6.45) is 0. The first-order chi connectivity index (χ1) is 8.10. The van der Waals surface area contributed by atoms with Crippen LogP contribution < -0.4 is 0 Å². The second kappa shape index (κ2) is 5.20. The molecule has 0 aliphatic carbocycles. The average Bonchev–Trinajstić information content (AvgIpc) is 2.37. The van der Waals surface area contributed by atoms with Gasteiger partial charge in [-0.1, -0.05) is 41.5 Å². The van der Waals surface area contributed by atoms with Gasteiger partial charge in [-0.2, -0.15) is 0 Å². The Labute approximate surface area is 112 Å². The quantitative estimate of drug-likeness (QED) is 0.839. The molecule has 3 atom stereocenters. The molecule has 3 nitrogen and oxygen atoms in total. The lowest BCUT2D eigenvalue weighted by atomic mass is 9.75. The SMILES string of the molecule is CC(C)CN1C(=O)C(C(C)C)C(C(C)C)[C@]1(C)O. The van der Waals surface area contributed by atoms with Gasteiger partial charge in [-0.05, 0) is 24.7 Å². The van der Waals surface area contributed by atoms with E-state index in [1.165, 1.54) is 0 Å². The molecule has 1 saturated heterocycles. The molecule has 1 fully saturated rings. The van der Waals surface area contributed by atoms with Gasteiger partial charge in [0, 0.05) is 18.4 Å². The van der Waals surface area contributed by atoms with Crippen LogP contribution in [-0.4, -0.2) is 28.2 Å². The number of hydrogen-bond donors (Lipinski definition) is 1. The summed E-state index contributed by atoms with van der Waals surface area (Å²) in [4.78, 5) is 14.3. The van der Waals surface area contributed by atoms with Crippen molar-refractivity contribution in [3.63, 3.8) is 0 Å². The summed E-state index contributed by atoms with van der Waals surface area (Å²) in [5, 5.41) is 10.8. The van der Waals surface area contributed by atoms with Gasteiger partial charge in [-0.3, -0.25) is 4.79 Å². The molecule has 18 heavy (non-hydrogen) atoms. The molecule has 1 N–H and O–H groups in total. The second-order valence-corrected chi connectivity index (χ2v) is 6.98. The van der Waals surface area contributed by atoms with Crippen LogP contribution in [0.4, 0.5) is 0 Å². The first kappa shape index (κ1) is 15.5. The molecule has 1 heterocycles. The van der Waals surface area contributed by atoms with Crippen molar-refractivity contribution in [2.24, 2.45) is 29.6 Å². The molecule has 0 aromatic rings. The Kier molecular flexibility index (Phi) is 4.47. The first-order valence-corrected chi connectivity index (χ1v) is 7.14. The van der Waals surface area contributed by atoms with Crippen molar-refractivity contribution in [2.45, 2.75) is 54.2 Å². The van der Waals surface area contributed by atoms with Crippen molar-refractivity contribution in [1.82, 2.24) is 4.90 Å². The summed E-state index contributed by atoms with van der Waals surface area (Å²) in [6, 6.07) is 0. The Balaban J connectivity index is 3.13. The van der Waals surface area contributed by atoms with Gasteiger partial charge in [0.05, 0.1) is 0 Å². The monoisotopic (exact) mass is 255 g/mol. The molecule has 1 aliphatic rings. The van der Waals surface area contributed by atoms with Gasteiger partial charge >= 0.3 is 0 Å². The summed E-state index contributed by atoms with van der Waals surface area (Å²) in [6.45, 7) is 15.0. The maximum Gasteiger partial charge on any atom is 0.228 e. The van der Waals surface area contributed by atoms with E-state index in [0.717, 1.165) is 0 Å². The lowest BCUT2D eigenvalue weighted by Crippen LogP contribution is -2.49. The molecule has 0 radical (unpaired) electrons. The van der Waals surface area contributed by atoms with Crippen LogP contribution >= 0.6 is 0 Å². The third-order valence-corrected chi connectivity index (χ3v) is 4.10. The van der Waals surface area contributed by atoms with Gasteiger partial charge in [0.1, 0.15) is 5.72 Å². The third-order valence-electron chi connectivity index (χ3n) is 4.10. The summed E-state index contributed by atoms with van der Waals surface area (Å²) in [5.74, 6) is 1.03. The molecular formula is C15H29NO2. The second-order valence-electron chi connectivity index (χ2n) is 6.98. The van der Waals surface area contributed by atoms with E-state index in [4.69, 9.17) is 0 Å². The van der Waals surface area contributed by atoms with Crippen LogP contribution in [0.2, 0.25) is 0 Å². The van der Waals surface area contributed by atoms with Crippen LogP contribution in [0, 0.1) is 29.6 Å². The molecule has 0 spiro atoms. The number of nitrogens with zero attached hydrogens (tertiary/aromatic N) is 1. The summed E-state index contributed by atoms with van der Waals surface area (Å²) >= 11 is 0. The maximum atomic E-state index is 12.6. The van der Waals surface area contributed by atoms with Crippen LogP contribution in [0.3, 0.4) is 0 Å². The topological polar surface area (TPSA) is 40.5 Å². The Bertz CT molecular complexity index is 308. The van der Waals surface area contributed by atoms with Crippen molar-refractivity contribution in [3.8, 4) is 0 Å². The van der Waals surface area contributed by atoms with Crippen LogP contribution in [0.5, 0.6) is 0 Å². The standard InChI is InChI=1S/C15H29NO2/c1-9(2)8-16-14(17)12(10(3)4)13(11(5)6)15(16,7)18/h9-13,18H,8H2,1-7H3/t12?,13?,15-/m0/s1. The van der Waals surface area contributed by atoms with Gasteiger partial charge in [0.25, 0.3) is 0 Å². The van der Waals surface area contributed by atoms with Crippen LogP contribution in [0.15, 0.2) is 0 Å². The lowest BCUT2D eigenvalue weighted by Gasteiger charge is -2.37. The normalized spacial score (nSPS) is 33.3. The minimum absolute atomic E-state index is 0.0174. The fourth-order valence-corrected chi connectivity index (χ4v) is 3.46. The fourth-order valence-electron chi connectivity index (χ4n) is 3.46. The Morgan fingerprint density at radius 2 is 1.67 bits per heavy atom. The molecule has 0 bridgehead atoms. The Morgan fingerprint density at radius 3 is 1.94 bits per heavy atom. The number of likely N-dealkylation sites (tertiary alicyclic amines) is 1. The van der Waals surface area contributed by atoms with E-state index >= 15 is 0 Å². The van der Waals surface area contributed by atoms with Gasteiger partial charge in [-0.15, -0.1) is 0 Å². The smallest absolute Gasteiger partial charge is 0.228 e. The molecule has 106 valence electrons. The van der Waals surface area contributed by atoms with E-state index in [1.807, 2.05) is 0 Å². The first-order valence-electron chi connectivity index (χ1n) is 7.14. The van der Waals surface area contributed by atoms with Crippen molar-refractivity contribution < 1.29 is 9.90 Å². The van der Waals surface area contributed by atoms with Gasteiger partial charge in [0.15, 0.2) is 0 Å². The Hall–Kier alpha value is -0.570. The van der Waals surface area contributed by atoms with E-state index in [-0.39, 0.29) is 23.7 Å². The summed E-state index contributed by atoms with van der Waals surface area (Å²) < 4.78 is 0. The van der Waals surface area contributed by atoms with Crippen molar-refractivity contribution in [1.29, 1.82) is 0 Å². The van der Waals surface area contributed by atoms with Gasteiger partial charge in [-0.25, -0.2) is 0 Å². The average molecular weight is 255 g/mol. The molecule has 1 aliphatic heterocycles. The number of hydrogen-bond acceptors (Lipinski definition) is 2. The number of aliphatic hydroxyl groups is 1. The maximum absolute atomic E-state index is 12.6. The van der Waals surface area contributed by atoms with E-state index in [1.54, 1.807) is 11.8 Å². The minimum atomic E-state index is -1.01. The highest BCUT2D eigenvalue weighted by Crippen LogP contribution is 2.45. The Morgan fingerprint density at radius 1 is 1.17 bits per heavy atom. The highest BCUT2D eigenvalue weighted by Gasteiger charge is 2.56. The highest BCUT2D eigenvalue weighted by molar-refractivity contribution is 5.83. The molecular weight excluding hydrogens is 226 g/mol. The van der Waals surface area contributed by atoms with Crippen molar-refractivity contribution in [3.05, 3.63) is 0 Å². The summed E-state index contributed by atoms with van der Waals surface area (Å²) in [5.41, 5.74) is -1.01. The zero-order valence-electron chi connectivity index (χ0n) is 12.9. The summed E-state index contributed by atoms with van der Waals surface area (Å²) in [7, 11) is 0. The molecule has 0 aromatic carbocycles. The largest absolute Gasteiger partial charge is 0.371 e. The van der Waals surface area contributed by atoms with E-state index in [0.29, 0.717) is 18.4 Å². The van der Waals surface area contributed by atoms with Crippen LogP contribution in [0.25, 0.3) is 0 Å². The van der Waals surface area contributed by atoms with Gasteiger partial charge in [0.2, 0.25) is 5.91 Å². The lowest BCUT2D eigenvalue weighted by molar-refractivity contribution is -0.149. The van der Waals surface area contributed by atoms with Crippen molar-refractivity contribution >= 4 is 5.91 Å².